The zero-order valence-electron chi connectivity index (χ0n) is 15.3. The molecule has 0 unspecified atom stereocenters. The van der Waals surface area contributed by atoms with E-state index >= 15 is 0 Å². The lowest BCUT2D eigenvalue weighted by Gasteiger charge is -2.14. The molecule has 0 atom stereocenters. The molecule has 26 heavy (non-hydrogen) atoms. The molecule has 2 N–H and O–H groups in total. The first-order chi connectivity index (χ1) is 12.1. The smallest absolute Gasteiger partial charge is 0.191 e. The van der Waals surface area contributed by atoms with Crippen molar-refractivity contribution in [1.82, 2.24) is 15.6 Å². The number of rotatable bonds is 7. The van der Waals surface area contributed by atoms with Crippen LogP contribution in [0.1, 0.15) is 22.4 Å². The lowest BCUT2D eigenvalue weighted by atomic mass is 10.2. The summed E-state index contributed by atoms with van der Waals surface area (Å²) >= 11 is 5.23. The van der Waals surface area contributed by atoms with Gasteiger partial charge in [-0.2, -0.15) is 0 Å². The van der Waals surface area contributed by atoms with Crippen LogP contribution >= 0.6 is 51.2 Å². The normalized spacial score (nSPS) is 10.9. The lowest BCUT2D eigenvalue weighted by Crippen LogP contribution is -2.36. The number of halogens is 2. The Bertz CT molecular complexity index is 740. The van der Waals surface area contributed by atoms with Crippen molar-refractivity contribution in [3.8, 4) is 11.5 Å². The van der Waals surface area contributed by atoms with Crippen molar-refractivity contribution in [3.05, 3.63) is 38.3 Å². The summed E-state index contributed by atoms with van der Waals surface area (Å²) in [6.45, 7) is 3.39. The van der Waals surface area contributed by atoms with Crippen molar-refractivity contribution < 1.29 is 9.47 Å². The molecule has 9 heteroatoms. The molecule has 6 nitrogen and oxygen atoms in total. The number of ether oxygens (including phenoxy) is 2. The van der Waals surface area contributed by atoms with Crippen molar-refractivity contribution in [2.24, 2.45) is 4.99 Å². The highest BCUT2D eigenvalue weighted by Crippen LogP contribution is 2.36. The molecule has 0 spiro atoms. The van der Waals surface area contributed by atoms with Crippen molar-refractivity contribution in [2.45, 2.75) is 26.4 Å². The molecular formula is C17H24BrIN4O2S. The van der Waals surface area contributed by atoms with Gasteiger partial charge < -0.3 is 20.1 Å². The molecule has 2 rings (SSSR count). The van der Waals surface area contributed by atoms with Gasteiger partial charge in [0.05, 0.1) is 25.2 Å². The fraction of sp³-hybridized carbons (Fsp3) is 0.412. The molecule has 0 aliphatic carbocycles. The van der Waals surface area contributed by atoms with Gasteiger partial charge in [0.1, 0.15) is 5.01 Å². The Kier molecular flexibility index (Phi) is 10.3. The molecule has 0 saturated carbocycles. The van der Waals surface area contributed by atoms with Crippen molar-refractivity contribution in [1.29, 1.82) is 0 Å². The first kappa shape index (κ1) is 23.0. The van der Waals surface area contributed by atoms with E-state index < -0.39 is 0 Å². The molecule has 0 fully saturated rings. The van der Waals surface area contributed by atoms with Crippen LogP contribution in [0.3, 0.4) is 0 Å². The van der Waals surface area contributed by atoms with E-state index in [1.54, 1.807) is 32.6 Å². The van der Waals surface area contributed by atoms with E-state index in [2.05, 4.69) is 43.5 Å². The second kappa shape index (κ2) is 11.6. The molecule has 1 aromatic heterocycles. The number of nitrogens with one attached hydrogen (secondary N) is 2. The van der Waals surface area contributed by atoms with Gasteiger partial charge in [-0.1, -0.05) is 6.92 Å². The van der Waals surface area contributed by atoms with Gasteiger partial charge in [-0.05, 0) is 40.0 Å². The standard InChI is InChI=1S/C17H23BrN4O2S.HI/c1-5-12-9-20-15(25-12)10-22-17(19-2)21-8-11-6-13(18)16(24-4)14(7-11)23-3;/h6-7,9H,5,8,10H2,1-4H3,(H2,19,21,22);1H. The lowest BCUT2D eigenvalue weighted by molar-refractivity contribution is 0.352. The summed E-state index contributed by atoms with van der Waals surface area (Å²) in [5.41, 5.74) is 1.05. The van der Waals surface area contributed by atoms with E-state index in [9.17, 15) is 0 Å². The number of aliphatic imine (C=N–C) groups is 1. The predicted molar refractivity (Wildman–Crippen MR) is 121 cm³/mol. The quantitative estimate of drug-likeness (QED) is 0.308. The Labute approximate surface area is 184 Å². The van der Waals surface area contributed by atoms with E-state index in [-0.39, 0.29) is 24.0 Å². The average molecular weight is 555 g/mol. The van der Waals surface area contributed by atoms with Crippen molar-refractivity contribution >= 4 is 57.2 Å². The van der Waals surface area contributed by atoms with Gasteiger partial charge in [-0.25, -0.2) is 4.98 Å². The molecule has 0 aliphatic heterocycles. The average Bonchev–Trinajstić information content (AvgIpc) is 3.09. The summed E-state index contributed by atoms with van der Waals surface area (Å²) in [6.07, 6.45) is 2.94. The number of hydrogen-bond donors (Lipinski definition) is 2. The van der Waals surface area contributed by atoms with Gasteiger partial charge in [0.15, 0.2) is 17.5 Å². The van der Waals surface area contributed by atoms with Gasteiger partial charge in [0.25, 0.3) is 0 Å². The number of methoxy groups -OCH3 is 2. The van der Waals surface area contributed by atoms with Crippen LogP contribution in [-0.4, -0.2) is 32.2 Å². The number of benzene rings is 1. The Morgan fingerprint density at radius 3 is 2.54 bits per heavy atom. The van der Waals surface area contributed by atoms with Gasteiger partial charge >= 0.3 is 0 Å². The van der Waals surface area contributed by atoms with Gasteiger partial charge in [0, 0.05) is 24.7 Å². The fourth-order valence-electron chi connectivity index (χ4n) is 2.23. The highest BCUT2D eigenvalue weighted by atomic mass is 127. The first-order valence-electron chi connectivity index (χ1n) is 7.89. The molecule has 0 saturated heterocycles. The number of nitrogens with zero attached hydrogens (tertiary/aromatic N) is 2. The second-order valence-electron chi connectivity index (χ2n) is 5.17. The van der Waals surface area contributed by atoms with E-state index in [0.29, 0.717) is 24.6 Å². The van der Waals surface area contributed by atoms with Gasteiger partial charge in [0.2, 0.25) is 0 Å². The zero-order valence-corrected chi connectivity index (χ0v) is 20.0. The van der Waals surface area contributed by atoms with Gasteiger partial charge in [-0.15, -0.1) is 35.3 Å². The Balaban J connectivity index is 0.00000338. The minimum atomic E-state index is 0. The van der Waals surface area contributed by atoms with Crippen molar-refractivity contribution in [3.63, 3.8) is 0 Å². The van der Waals surface area contributed by atoms with Crippen molar-refractivity contribution in [2.75, 3.05) is 21.3 Å². The molecule has 0 bridgehead atoms. The summed E-state index contributed by atoms with van der Waals surface area (Å²) < 4.78 is 11.6. The number of aryl methyl sites for hydroxylation is 1. The summed E-state index contributed by atoms with van der Waals surface area (Å²) in [5.74, 6) is 2.09. The summed E-state index contributed by atoms with van der Waals surface area (Å²) in [4.78, 5) is 9.94. The van der Waals surface area contributed by atoms with Crippen LogP contribution in [0.2, 0.25) is 0 Å². The first-order valence-corrected chi connectivity index (χ1v) is 9.50. The second-order valence-corrected chi connectivity index (χ2v) is 7.22. The number of aromatic nitrogens is 1. The van der Waals surface area contributed by atoms with E-state index in [1.807, 2.05) is 18.3 Å². The maximum absolute atomic E-state index is 5.37. The van der Waals surface area contributed by atoms with Crippen LogP contribution in [-0.2, 0) is 19.5 Å². The highest BCUT2D eigenvalue weighted by Gasteiger charge is 2.11. The molecule has 0 radical (unpaired) electrons. The largest absolute Gasteiger partial charge is 0.493 e. The fourth-order valence-corrected chi connectivity index (χ4v) is 3.69. The molecule has 1 aromatic carbocycles. The van der Waals surface area contributed by atoms with Crippen LogP contribution < -0.4 is 20.1 Å². The number of thiazole rings is 1. The molecule has 1 heterocycles. The van der Waals surface area contributed by atoms with E-state index in [0.717, 1.165) is 27.4 Å². The van der Waals surface area contributed by atoms with Crippen LogP contribution in [0.4, 0.5) is 0 Å². The Morgan fingerprint density at radius 1 is 1.23 bits per heavy atom. The Hall–Kier alpha value is -1.07. The number of hydrogen-bond acceptors (Lipinski definition) is 5. The minimum absolute atomic E-state index is 0. The minimum Gasteiger partial charge on any atom is -0.493 e. The van der Waals surface area contributed by atoms with Crippen LogP contribution in [0.15, 0.2) is 27.8 Å². The third-order valence-electron chi connectivity index (χ3n) is 3.53. The van der Waals surface area contributed by atoms with Crippen LogP contribution in [0.5, 0.6) is 11.5 Å². The van der Waals surface area contributed by atoms with E-state index in [1.165, 1.54) is 4.88 Å². The summed E-state index contributed by atoms with van der Waals surface area (Å²) in [7, 11) is 4.99. The summed E-state index contributed by atoms with van der Waals surface area (Å²) in [5, 5.41) is 7.62. The Morgan fingerprint density at radius 2 is 1.96 bits per heavy atom. The van der Waals surface area contributed by atoms with E-state index in [4.69, 9.17) is 9.47 Å². The van der Waals surface area contributed by atoms with Crippen LogP contribution in [0.25, 0.3) is 0 Å². The molecule has 144 valence electrons. The molecule has 0 amide bonds. The third-order valence-corrected chi connectivity index (χ3v) is 5.26. The zero-order chi connectivity index (χ0) is 18.2. The monoisotopic (exact) mass is 554 g/mol. The topological polar surface area (TPSA) is 67.8 Å². The third kappa shape index (κ3) is 6.27. The highest BCUT2D eigenvalue weighted by molar-refractivity contribution is 14.0. The van der Waals surface area contributed by atoms with Crippen LogP contribution in [0, 0.1) is 0 Å². The predicted octanol–water partition coefficient (Wildman–Crippen LogP) is 3.97. The molecule has 0 aliphatic rings. The summed E-state index contributed by atoms with van der Waals surface area (Å²) in [6, 6.07) is 3.94. The van der Waals surface area contributed by atoms with Gasteiger partial charge in [-0.3, -0.25) is 4.99 Å². The SMILES string of the molecule is CCc1cnc(CNC(=NC)NCc2cc(Br)c(OC)c(OC)c2)s1.I. The maximum Gasteiger partial charge on any atom is 0.191 e. The maximum atomic E-state index is 5.37. The molecule has 2 aromatic rings. The molecular weight excluding hydrogens is 531 g/mol. The number of guanidine groups is 1.